The lowest BCUT2D eigenvalue weighted by molar-refractivity contribution is -0.150. The second-order valence-electron chi connectivity index (χ2n) is 10.2. The van der Waals surface area contributed by atoms with Crippen molar-refractivity contribution < 1.29 is 24.2 Å². The van der Waals surface area contributed by atoms with Gasteiger partial charge in [-0.25, -0.2) is 9.59 Å². The number of hydrogen-bond donors (Lipinski definition) is 2. The van der Waals surface area contributed by atoms with Crippen LogP contribution < -0.4 is 5.32 Å². The maximum absolute atomic E-state index is 12.7. The van der Waals surface area contributed by atoms with Gasteiger partial charge in [0.25, 0.3) is 0 Å². The van der Waals surface area contributed by atoms with Gasteiger partial charge in [-0.15, -0.1) is 0 Å². The molecule has 0 radical (unpaired) electrons. The van der Waals surface area contributed by atoms with Gasteiger partial charge in [-0.2, -0.15) is 0 Å². The summed E-state index contributed by atoms with van der Waals surface area (Å²) < 4.78 is 5.53. The smallest absolute Gasteiger partial charge is 0.407 e. The Morgan fingerprint density at radius 3 is 2.06 bits per heavy atom. The van der Waals surface area contributed by atoms with Crippen molar-refractivity contribution in [2.75, 3.05) is 13.7 Å². The van der Waals surface area contributed by atoms with Crippen LogP contribution in [0.5, 0.6) is 0 Å². The van der Waals surface area contributed by atoms with Crippen LogP contribution in [-0.2, 0) is 14.3 Å². The molecule has 3 rings (SSSR count). The molecule has 2 N–H and O–H groups in total. The maximum atomic E-state index is 12.7. The zero-order valence-corrected chi connectivity index (χ0v) is 20.5. The number of fused-ring (bicyclic) bond motifs is 3. The fourth-order valence-electron chi connectivity index (χ4n) is 4.44. The molecule has 7 heteroatoms. The second kappa shape index (κ2) is 10.3. The lowest BCUT2D eigenvalue weighted by Crippen LogP contribution is -2.46. The Bertz CT molecular complexity index is 1010. The first-order valence-corrected chi connectivity index (χ1v) is 11.6. The van der Waals surface area contributed by atoms with Crippen molar-refractivity contribution in [3.8, 4) is 11.1 Å². The van der Waals surface area contributed by atoms with E-state index >= 15 is 0 Å². The van der Waals surface area contributed by atoms with E-state index in [0.29, 0.717) is 6.42 Å². The molecule has 34 heavy (non-hydrogen) atoms. The van der Waals surface area contributed by atoms with Gasteiger partial charge in [-0.3, -0.25) is 4.79 Å². The van der Waals surface area contributed by atoms with Crippen LogP contribution in [0.4, 0.5) is 4.79 Å². The third kappa shape index (κ3) is 5.95. The number of likely N-dealkylation sites (N-methyl/N-ethyl adjacent to an activating group) is 1. The molecule has 1 unspecified atom stereocenters. The number of carboxylic acid groups (broad SMARTS) is 1. The normalized spacial score (nSPS) is 14.5. The number of ether oxygens (including phenoxy) is 1. The van der Waals surface area contributed by atoms with Crippen LogP contribution in [0.25, 0.3) is 11.1 Å². The number of rotatable bonds is 8. The molecule has 7 nitrogen and oxygen atoms in total. The van der Waals surface area contributed by atoms with Crippen molar-refractivity contribution in [3.63, 3.8) is 0 Å². The van der Waals surface area contributed by atoms with Crippen LogP contribution in [0.15, 0.2) is 48.5 Å². The zero-order valence-electron chi connectivity index (χ0n) is 20.5. The summed E-state index contributed by atoms with van der Waals surface area (Å²) >= 11 is 0. The number of carbonyl (C=O) groups is 3. The molecular weight excluding hydrogens is 432 g/mol. The average molecular weight is 467 g/mol. The van der Waals surface area contributed by atoms with E-state index in [4.69, 9.17) is 4.74 Å². The van der Waals surface area contributed by atoms with Crippen LogP contribution in [-0.4, -0.2) is 53.7 Å². The van der Waals surface area contributed by atoms with Gasteiger partial charge in [0, 0.05) is 25.4 Å². The van der Waals surface area contributed by atoms with E-state index in [1.54, 1.807) is 6.92 Å². The van der Waals surface area contributed by atoms with E-state index in [1.807, 2.05) is 45.0 Å². The standard InChI is InChI=1S/C27H34N2O5/c1-17(14-24(30)29(5)23(25(31)32)15-27(2,3)4)28-26(33)34-16-22-20-12-8-6-10-18(20)19-11-7-9-13-21(19)22/h6-13,17,22-23H,14-16H2,1-5H3,(H,28,33)(H,31,32)/t17-,23?/m1/s1. The number of aliphatic carboxylic acids is 1. The zero-order chi connectivity index (χ0) is 25.0. The monoisotopic (exact) mass is 466 g/mol. The Morgan fingerprint density at radius 1 is 1.03 bits per heavy atom. The predicted octanol–water partition coefficient (Wildman–Crippen LogP) is 4.65. The molecule has 1 aliphatic carbocycles. The highest BCUT2D eigenvalue weighted by Gasteiger charge is 2.32. The van der Waals surface area contributed by atoms with Crippen molar-refractivity contribution in [2.45, 2.75) is 58.5 Å². The summed E-state index contributed by atoms with van der Waals surface area (Å²) in [6.07, 6.45) is -0.290. The van der Waals surface area contributed by atoms with Gasteiger partial charge in [0.05, 0.1) is 0 Å². The van der Waals surface area contributed by atoms with Crippen LogP contribution >= 0.6 is 0 Å². The van der Waals surface area contributed by atoms with Gasteiger partial charge in [0.15, 0.2) is 0 Å². The molecule has 2 amide bonds. The quantitative estimate of drug-likeness (QED) is 0.590. The predicted molar refractivity (Wildman–Crippen MR) is 131 cm³/mol. The average Bonchev–Trinajstić information content (AvgIpc) is 3.08. The van der Waals surface area contributed by atoms with Gasteiger partial charge in [0.2, 0.25) is 5.91 Å². The third-order valence-electron chi connectivity index (χ3n) is 6.14. The van der Waals surface area contributed by atoms with Gasteiger partial charge in [-0.1, -0.05) is 69.3 Å². The molecule has 0 spiro atoms. The van der Waals surface area contributed by atoms with Crippen LogP contribution in [0, 0.1) is 5.41 Å². The lowest BCUT2D eigenvalue weighted by atomic mass is 9.87. The number of carbonyl (C=O) groups excluding carboxylic acids is 2. The minimum Gasteiger partial charge on any atom is -0.480 e. The van der Waals surface area contributed by atoms with E-state index < -0.39 is 24.1 Å². The molecule has 0 aliphatic heterocycles. The highest BCUT2D eigenvalue weighted by atomic mass is 16.5. The van der Waals surface area contributed by atoms with Gasteiger partial charge in [0.1, 0.15) is 12.6 Å². The SMILES string of the molecule is C[C@H](CC(=O)N(C)C(CC(C)(C)C)C(=O)O)NC(=O)OCC1c2ccccc2-c2ccccc21. The summed E-state index contributed by atoms with van der Waals surface area (Å²) in [4.78, 5) is 38.1. The summed E-state index contributed by atoms with van der Waals surface area (Å²) in [6.45, 7) is 7.69. The molecule has 0 bridgehead atoms. The highest BCUT2D eigenvalue weighted by molar-refractivity contribution is 5.84. The highest BCUT2D eigenvalue weighted by Crippen LogP contribution is 2.44. The molecule has 0 saturated carbocycles. The van der Waals surface area contributed by atoms with E-state index in [-0.39, 0.29) is 30.3 Å². The van der Waals surface area contributed by atoms with Gasteiger partial charge >= 0.3 is 12.1 Å². The molecule has 0 aromatic heterocycles. The summed E-state index contributed by atoms with van der Waals surface area (Å²) in [5.41, 5.74) is 4.30. The molecule has 0 saturated heterocycles. The van der Waals surface area contributed by atoms with Gasteiger partial charge < -0.3 is 20.1 Å². The van der Waals surface area contributed by atoms with Gasteiger partial charge in [-0.05, 0) is 41.0 Å². The number of alkyl carbamates (subject to hydrolysis) is 1. The lowest BCUT2D eigenvalue weighted by Gasteiger charge is -2.31. The summed E-state index contributed by atoms with van der Waals surface area (Å²) in [7, 11) is 1.49. The van der Waals surface area contributed by atoms with Crippen LogP contribution in [0.1, 0.15) is 57.6 Å². The first-order valence-electron chi connectivity index (χ1n) is 11.6. The molecule has 2 atom stereocenters. The van der Waals surface area contributed by atoms with Crippen molar-refractivity contribution in [3.05, 3.63) is 59.7 Å². The molecule has 0 fully saturated rings. The van der Waals surface area contributed by atoms with E-state index in [9.17, 15) is 19.5 Å². The number of carboxylic acids is 1. The van der Waals surface area contributed by atoms with E-state index in [2.05, 4.69) is 29.6 Å². The van der Waals surface area contributed by atoms with Crippen LogP contribution in [0.2, 0.25) is 0 Å². The second-order valence-corrected chi connectivity index (χ2v) is 10.2. The van der Waals surface area contributed by atoms with Crippen molar-refractivity contribution >= 4 is 18.0 Å². The maximum Gasteiger partial charge on any atom is 0.407 e. The molecule has 182 valence electrons. The minimum absolute atomic E-state index is 0.0192. The fourth-order valence-corrected chi connectivity index (χ4v) is 4.44. The minimum atomic E-state index is -1.04. The Hall–Kier alpha value is -3.35. The van der Waals surface area contributed by atoms with E-state index in [0.717, 1.165) is 22.3 Å². The summed E-state index contributed by atoms with van der Waals surface area (Å²) in [6, 6.07) is 14.8. The number of benzene rings is 2. The van der Waals surface area contributed by atoms with Crippen molar-refractivity contribution in [1.29, 1.82) is 0 Å². The molecule has 2 aromatic carbocycles. The Labute approximate surface area is 201 Å². The largest absolute Gasteiger partial charge is 0.480 e. The number of nitrogens with zero attached hydrogens (tertiary/aromatic N) is 1. The molecule has 2 aromatic rings. The fraction of sp³-hybridized carbons (Fsp3) is 0.444. The molecule has 0 heterocycles. The van der Waals surface area contributed by atoms with Crippen LogP contribution in [0.3, 0.4) is 0 Å². The Kier molecular flexibility index (Phi) is 7.64. The number of amides is 2. The Balaban J connectivity index is 1.55. The third-order valence-corrected chi connectivity index (χ3v) is 6.14. The topological polar surface area (TPSA) is 95.9 Å². The van der Waals surface area contributed by atoms with E-state index in [1.165, 1.54) is 11.9 Å². The first kappa shape index (κ1) is 25.3. The number of hydrogen-bond acceptors (Lipinski definition) is 4. The molecule has 1 aliphatic rings. The Morgan fingerprint density at radius 2 is 1.56 bits per heavy atom. The number of nitrogens with one attached hydrogen (secondary N) is 1. The summed E-state index contributed by atoms with van der Waals surface area (Å²) in [5, 5.41) is 12.3. The van der Waals surface area contributed by atoms with Crippen molar-refractivity contribution in [1.82, 2.24) is 10.2 Å². The van der Waals surface area contributed by atoms with Crippen molar-refractivity contribution in [2.24, 2.45) is 5.41 Å². The summed E-state index contributed by atoms with van der Waals surface area (Å²) in [5.74, 6) is -1.43. The first-order chi connectivity index (χ1) is 16.0. The molecular formula is C27H34N2O5.